The molecule has 0 bridgehead atoms. The van der Waals surface area contributed by atoms with E-state index in [1.54, 1.807) is 36.4 Å². The highest BCUT2D eigenvalue weighted by Crippen LogP contribution is 2.21. The molecule has 0 saturated carbocycles. The average Bonchev–Trinajstić information content (AvgIpc) is 3.01. The summed E-state index contributed by atoms with van der Waals surface area (Å²) in [5.41, 5.74) is 2.45. The standard InChI is InChI=1S/C34H42N2O5/c1-3-5-6-7-8-9-10-11-14-27-25-35-33(36-26-27)28-15-21-31(22-16-28)41-34(38)29-17-19-30(20-18-29)39-23-12-13-24-40-32(37)4-2/h4,15-22,25-26H,2-3,5-14,23-24H2,1H3. The summed E-state index contributed by atoms with van der Waals surface area (Å²) in [5, 5.41) is 0. The fraction of sp³-hybridized carbons (Fsp3) is 0.412. The molecule has 218 valence electrons. The smallest absolute Gasteiger partial charge is 0.343 e. The van der Waals surface area contributed by atoms with E-state index in [1.807, 2.05) is 24.5 Å². The first-order chi connectivity index (χ1) is 20.1. The van der Waals surface area contributed by atoms with Crippen LogP contribution in [0.1, 0.15) is 87.1 Å². The van der Waals surface area contributed by atoms with Gasteiger partial charge in [0.05, 0.1) is 18.8 Å². The van der Waals surface area contributed by atoms with E-state index in [-0.39, 0.29) is 0 Å². The second-order valence-electron chi connectivity index (χ2n) is 10.0. The Labute approximate surface area is 244 Å². The van der Waals surface area contributed by atoms with Gasteiger partial charge in [0.1, 0.15) is 11.5 Å². The number of hydrogen-bond acceptors (Lipinski definition) is 7. The van der Waals surface area contributed by atoms with Gasteiger partial charge in [-0.15, -0.1) is 0 Å². The van der Waals surface area contributed by atoms with Crippen molar-refractivity contribution in [3.8, 4) is 22.9 Å². The molecule has 0 aliphatic rings. The van der Waals surface area contributed by atoms with E-state index >= 15 is 0 Å². The number of benzene rings is 2. The highest BCUT2D eigenvalue weighted by Gasteiger charge is 2.10. The lowest BCUT2D eigenvalue weighted by Gasteiger charge is -2.08. The zero-order valence-electron chi connectivity index (χ0n) is 24.2. The quantitative estimate of drug-likeness (QED) is 0.0639. The van der Waals surface area contributed by atoms with E-state index in [0.29, 0.717) is 42.5 Å². The molecule has 2 aromatic carbocycles. The summed E-state index contributed by atoms with van der Waals surface area (Å²) in [6, 6.07) is 14.0. The molecule has 7 nitrogen and oxygen atoms in total. The summed E-state index contributed by atoms with van der Waals surface area (Å²) in [7, 11) is 0. The number of carbonyl (C=O) groups excluding carboxylic acids is 2. The van der Waals surface area contributed by atoms with E-state index in [1.165, 1.54) is 51.4 Å². The maximum absolute atomic E-state index is 12.6. The first kappa shape index (κ1) is 31.5. The van der Waals surface area contributed by atoms with E-state index in [9.17, 15) is 9.59 Å². The third-order valence-corrected chi connectivity index (χ3v) is 6.66. The van der Waals surface area contributed by atoms with Crippen LogP contribution in [0.3, 0.4) is 0 Å². The van der Waals surface area contributed by atoms with Crippen LogP contribution in [0.25, 0.3) is 11.4 Å². The van der Waals surface area contributed by atoms with Crippen molar-refractivity contribution in [2.24, 2.45) is 0 Å². The zero-order valence-corrected chi connectivity index (χ0v) is 24.2. The van der Waals surface area contributed by atoms with Gasteiger partial charge in [-0.2, -0.15) is 0 Å². The van der Waals surface area contributed by atoms with E-state index in [0.717, 1.165) is 30.0 Å². The lowest BCUT2D eigenvalue weighted by molar-refractivity contribution is -0.137. The number of aromatic nitrogens is 2. The third-order valence-electron chi connectivity index (χ3n) is 6.66. The van der Waals surface area contributed by atoms with Crippen molar-refractivity contribution in [1.29, 1.82) is 0 Å². The Kier molecular flexibility index (Phi) is 14.1. The minimum atomic E-state index is -0.449. The molecule has 0 saturated heterocycles. The monoisotopic (exact) mass is 558 g/mol. The molecule has 0 spiro atoms. The molecule has 0 aliphatic heterocycles. The molecule has 0 unspecified atom stereocenters. The van der Waals surface area contributed by atoms with Crippen molar-refractivity contribution >= 4 is 11.9 Å². The van der Waals surface area contributed by atoms with Gasteiger partial charge < -0.3 is 14.2 Å². The van der Waals surface area contributed by atoms with Crippen molar-refractivity contribution in [1.82, 2.24) is 9.97 Å². The highest BCUT2D eigenvalue weighted by molar-refractivity contribution is 5.91. The van der Waals surface area contributed by atoms with Gasteiger partial charge in [-0.1, -0.05) is 58.4 Å². The highest BCUT2D eigenvalue weighted by atomic mass is 16.5. The van der Waals surface area contributed by atoms with E-state index in [2.05, 4.69) is 23.5 Å². The zero-order chi connectivity index (χ0) is 29.1. The second kappa shape index (κ2) is 18.4. The van der Waals surface area contributed by atoms with E-state index < -0.39 is 11.9 Å². The van der Waals surface area contributed by atoms with Crippen LogP contribution in [-0.2, 0) is 16.0 Å². The number of rotatable bonds is 19. The Morgan fingerprint density at radius 3 is 2.02 bits per heavy atom. The van der Waals surface area contributed by atoms with Crippen molar-refractivity contribution in [3.63, 3.8) is 0 Å². The van der Waals surface area contributed by atoms with Gasteiger partial charge in [-0.05, 0) is 79.8 Å². The SMILES string of the molecule is C=CC(=O)OCCCCOc1ccc(C(=O)Oc2ccc(-c3ncc(CCCCCCCCCC)cn3)cc2)cc1. The minimum absolute atomic E-state index is 0.332. The normalized spacial score (nSPS) is 10.7. The Bertz CT molecular complexity index is 1190. The number of nitrogens with zero attached hydrogens (tertiary/aromatic N) is 2. The largest absolute Gasteiger partial charge is 0.494 e. The van der Waals surface area contributed by atoms with Gasteiger partial charge >= 0.3 is 11.9 Å². The summed E-state index contributed by atoms with van der Waals surface area (Å²) in [6.07, 6.45) is 17.8. The van der Waals surface area contributed by atoms with Crippen LogP contribution in [0.15, 0.2) is 73.6 Å². The molecule has 0 aliphatic carbocycles. The number of esters is 2. The summed E-state index contributed by atoms with van der Waals surface area (Å²) in [6.45, 7) is 6.42. The molecule has 41 heavy (non-hydrogen) atoms. The van der Waals surface area contributed by atoms with Gasteiger partial charge in [-0.25, -0.2) is 19.6 Å². The van der Waals surface area contributed by atoms with E-state index in [4.69, 9.17) is 14.2 Å². The molecule has 7 heteroatoms. The summed E-state index contributed by atoms with van der Waals surface area (Å²) >= 11 is 0. The Balaban J connectivity index is 1.37. The van der Waals surface area contributed by atoms with Gasteiger partial charge in [0.2, 0.25) is 0 Å². The Morgan fingerprint density at radius 2 is 1.37 bits per heavy atom. The maximum Gasteiger partial charge on any atom is 0.343 e. The topological polar surface area (TPSA) is 87.6 Å². The Morgan fingerprint density at radius 1 is 0.756 bits per heavy atom. The first-order valence-electron chi connectivity index (χ1n) is 14.7. The van der Waals surface area contributed by atoms with Crippen LogP contribution < -0.4 is 9.47 Å². The molecule has 0 fully saturated rings. The summed E-state index contributed by atoms with van der Waals surface area (Å²) in [4.78, 5) is 32.7. The number of carbonyl (C=O) groups is 2. The van der Waals surface area contributed by atoms with Gasteiger partial charge in [0.25, 0.3) is 0 Å². The van der Waals surface area contributed by atoms with Crippen LogP contribution in [0.4, 0.5) is 0 Å². The van der Waals surface area contributed by atoms with Gasteiger partial charge in [0.15, 0.2) is 5.82 Å². The predicted molar refractivity (Wildman–Crippen MR) is 161 cm³/mol. The van der Waals surface area contributed by atoms with Crippen LogP contribution in [-0.4, -0.2) is 35.1 Å². The molecule has 3 aromatic rings. The molecule has 0 amide bonds. The first-order valence-corrected chi connectivity index (χ1v) is 14.7. The molecular weight excluding hydrogens is 516 g/mol. The van der Waals surface area contributed by atoms with Crippen LogP contribution in [0.2, 0.25) is 0 Å². The average molecular weight is 559 g/mol. The predicted octanol–water partition coefficient (Wildman–Crippen LogP) is 7.93. The third kappa shape index (κ3) is 12.0. The molecule has 1 heterocycles. The lowest BCUT2D eigenvalue weighted by Crippen LogP contribution is -2.08. The fourth-order valence-electron chi connectivity index (χ4n) is 4.25. The van der Waals surface area contributed by atoms with Crippen LogP contribution in [0, 0.1) is 0 Å². The number of aryl methyl sites for hydroxylation is 1. The van der Waals surface area contributed by atoms with Crippen LogP contribution in [0.5, 0.6) is 11.5 Å². The minimum Gasteiger partial charge on any atom is -0.494 e. The lowest BCUT2D eigenvalue weighted by atomic mass is 10.1. The van der Waals surface area contributed by atoms with Crippen LogP contribution >= 0.6 is 0 Å². The van der Waals surface area contributed by atoms with Gasteiger partial charge in [0, 0.05) is 24.0 Å². The summed E-state index contributed by atoms with van der Waals surface area (Å²) in [5.74, 6) is 0.874. The van der Waals surface area contributed by atoms with Crippen molar-refractivity contribution in [2.75, 3.05) is 13.2 Å². The van der Waals surface area contributed by atoms with Gasteiger partial charge in [-0.3, -0.25) is 0 Å². The Hall–Kier alpha value is -4.00. The second-order valence-corrected chi connectivity index (χ2v) is 10.0. The van der Waals surface area contributed by atoms with Crippen molar-refractivity contribution in [2.45, 2.75) is 77.6 Å². The van der Waals surface area contributed by atoms with Crippen molar-refractivity contribution < 1.29 is 23.8 Å². The molecule has 0 N–H and O–H groups in total. The fourth-order valence-corrected chi connectivity index (χ4v) is 4.25. The molecule has 0 atom stereocenters. The maximum atomic E-state index is 12.6. The molecule has 0 radical (unpaired) electrons. The summed E-state index contributed by atoms with van der Waals surface area (Å²) < 4.78 is 16.1. The molecule has 3 rings (SSSR count). The number of unbranched alkanes of at least 4 members (excludes halogenated alkanes) is 8. The van der Waals surface area contributed by atoms with Crippen molar-refractivity contribution in [3.05, 3.63) is 84.7 Å². The number of ether oxygens (including phenoxy) is 3. The molecular formula is C34H42N2O5. The molecule has 1 aromatic heterocycles. The number of hydrogen-bond donors (Lipinski definition) is 0.